The molecule has 0 amide bonds. The summed E-state index contributed by atoms with van der Waals surface area (Å²) in [5.41, 5.74) is 3.32. The predicted octanol–water partition coefficient (Wildman–Crippen LogP) is 7.01. The van der Waals surface area contributed by atoms with Crippen LogP contribution in [-0.4, -0.2) is 12.9 Å². The zero-order valence-electron chi connectivity index (χ0n) is 17.5. The van der Waals surface area contributed by atoms with Crippen LogP contribution < -0.4 is 14.2 Å². The van der Waals surface area contributed by atoms with Crippen LogP contribution >= 0.6 is 0 Å². The van der Waals surface area contributed by atoms with Crippen molar-refractivity contribution in [1.82, 2.24) is 0 Å². The van der Waals surface area contributed by atoms with Gasteiger partial charge in [0.1, 0.15) is 17.2 Å². The van der Waals surface area contributed by atoms with E-state index in [2.05, 4.69) is 67.6 Å². The van der Waals surface area contributed by atoms with Crippen LogP contribution in [0.1, 0.15) is 43.7 Å². The summed E-state index contributed by atoms with van der Waals surface area (Å²) in [5.74, 6) is 1.49. The molecule has 3 nitrogen and oxygen atoms in total. The SMILES string of the molecule is CCCCCC1=Cc2ccc(OC)cc2OC12C=Cc1c(ccc3ccccc13)O2. The van der Waals surface area contributed by atoms with Crippen LogP contribution in [0.2, 0.25) is 0 Å². The molecular formula is C27H26O3. The maximum absolute atomic E-state index is 6.62. The van der Waals surface area contributed by atoms with E-state index >= 15 is 0 Å². The zero-order chi connectivity index (χ0) is 20.6. The summed E-state index contributed by atoms with van der Waals surface area (Å²) in [6.45, 7) is 2.22. The van der Waals surface area contributed by atoms with Crippen LogP contribution in [0.5, 0.6) is 17.2 Å². The molecule has 0 N–H and O–H groups in total. The van der Waals surface area contributed by atoms with Gasteiger partial charge >= 0.3 is 0 Å². The van der Waals surface area contributed by atoms with Crippen molar-refractivity contribution in [1.29, 1.82) is 0 Å². The second-order valence-electron chi connectivity index (χ2n) is 7.93. The Hall–Kier alpha value is -3.20. The summed E-state index contributed by atoms with van der Waals surface area (Å²) >= 11 is 0. The lowest BCUT2D eigenvalue weighted by Gasteiger charge is -2.40. The summed E-state index contributed by atoms with van der Waals surface area (Å²) in [7, 11) is 1.67. The van der Waals surface area contributed by atoms with Crippen molar-refractivity contribution in [2.24, 2.45) is 0 Å². The molecule has 0 aromatic heterocycles. The summed E-state index contributed by atoms with van der Waals surface area (Å²) in [5, 5.41) is 2.40. The summed E-state index contributed by atoms with van der Waals surface area (Å²) < 4.78 is 18.6. The average Bonchev–Trinajstić information content (AvgIpc) is 2.79. The van der Waals surface area contributed by atoms with Gasteiger partial charge < -0.3 is 14.2 Å². The maximum atomic E-state index is 6.62. The lowest BCUT2D eigenvalue weighted by molar-refractivity contribution is -0.0438. The Morgan fingerprint density at radius 3 is 2.67 bits per heavy atom. The molecule has 1 spiro atoms. The lowest BCUT2D eigenvalue weighted by atomic mass is 9.90. The summed E-state index contributed by atoms with van der Waals surface area (Å²) in [6, 6.07) is 18.5. The van der Waals surface area contributed by atoms with E-state index in [1.54, 1.807) is 7.11 Å². The fourth-order valence-corrected chi connectivity index (χ4v) is 4.33. The Balaban J connectivity index is 1.59. The van der Waals surface area contributed by atoms with E-state index in [1.807, 2.05) is 12.1 Å². The molecule has 1 atom stereocenters. The summed E-state index contributed by atoms with van der Waals surface area (Å²) in [4.78, 5) is 0. The Bertz CT molecular complexity index is 1160. The van der Waals surface area contributed by atoms with E-state index in [4.69, 9.17) is 14.2 Å². The van der Waals surface area contributed by atoms with E-state index in [0.29, 0.717) is 0 Å². The van der Waals surface area contributed by atoms with Crippen molar-refractivity contribution in [3.63, 3.8) is 0 Å². The number of fused-ring (bicyclic) bond motifs is 4. The number of benzene rings is 3. The fraction of sp³-hybridized carbons (Fsp3) is 0.259. The number of rotatable bonds is 5. The highest BCUT2D eigenvalue weighted by atomic mass is 16.7. The van der Waals surface area contributed by atoms with Gasteiger partial charge in [-0.1, -0.05) is 50.1 Å². The highest BCUT2D eigenvalue weighted by Gasteiger charge is 2.42. The van der Waals surface area contributed by atoms with E-state index in [-0.39, 0.29) is 0 Å². The second-order valence-corrected chi connectivity index (χ2v) is 7.93. The Morgan fingerprint density at radius 2 is 1.80 bits per heavy atom. The average molecular weight is 399 g/mol. The first-order chi connectivity index (χ1) is 14.7. The molecule has 0 radical (unpaired) electrons. The molecule has 0 aliphatic carbocycles. The third-order valence-corrected chi connectivity index (χ3v) is 5.97. The molecule has 3 aromatic rings. The van der Waals surface area contributed by atoms with Crippen molar-refractivity contribution in [2.45, 2.75) is 38.4 Å². The van der Waals surface area contributed by atoms with Crippen molar-refractivity contribution in [3.05, 3.63) is 77.4 Å². The van der Waals surface area contributed by atoms with Crippen molar-refractivity contribution in [2.75, 3.05) is 7.11 Å². The minimum absolute atomic E-state index is 0.776. The summed E-state index contributed by atoms with van der Waals surface area (Å²) in [6.07, 6.45) is 10.9. The van der Waals surface area contributed by atoms with Crippen LogP contribution in [0.3, 0.4) is 0 Å². The van der Waals surface area contributed by atoms with Gasteiger partial charge in [-0.25, -0.2) is 0 Å². The third-order valence-electron chi connectivity index (χ3n) is 5.97. The molecule has 5 rings (SSSR count). The van der Waals surface area contributed by atoms with Crippen LogP contribution in [0.15, 0.2) is 66.2 Å². The predicted molar refractivity (Wildman–Crippen MR) is 122 cm³/mol. The van der Waals surface area contributed by atoms with Crippen molar-refractivity contribution in [3.8, 4) is 17.2 Å². The van der Waals surface area contributed by atoms with Gasteiger partial charge in [-0.15, -0.1) is 0 Å². The van der Waals surface area contributed by atoms with Gasteiger partial charge in [0.25, 0.3) is 5.79 Å². The Morgan fingerprint density at radius 1 is 0.933 bits per heavy atom. The second kappa shape index (κ2) is 7.56. The van der Waals surface area contributed by atoms with Gasteiger partial charge in [-0.2, -0.15) is 0 Å². The van der Waals surface area contributed by atoms with Crippen LogP contribution in [0.25, 0.3) is 22.9 Å². The van der Waals surface area contributed by atoms with Gasteiger partial charge in [-0.05, 0) is 54.0 Å². The number of hydrogen-bond acceptors (Lipinski definition) is 3. The quantitative estimate of drug-likeness (QED) is 0.433. The fourth-order valence-electron chi connectivity index (χ4n) is 4.33. The van der Waals surface area contributed by atoms with Crippen LogP contribution in [0, 0.1) is 0 Å². The van der Waals surface area contributed by atoms with E-state index in [9.17, 15) is 0 Å². The molecule has 0 fully saturated rings. The van der Waals surface area contributed by atoms with Crippen molar-refractivity contribution >= 4 is 22.9 Å². The Labute approximate surface area is 177 Å². The minimum Gasteiger partial charge on any atom is -0.497 e. The molecule has 0 bridgehead atoms. The lowest BCUT2D eigenvalue weighted by Crippen LogP contribution is -2.45. The molecule has 2 heterocycles. The van der Waals surface area contributed by atoms with Gasteiger partial charge in [-0.3, -0.25) is 0 Å². The molecule has 30 heavy (non-hydrogen) atoms. The number of ether oxygens (including phenoxy) is 3. The topological polar surface area (TPSA) is 27.7 Å². The highest BCUT2D eigenvalue weighted by Crippen LogP contribution is 2.45. The molecule has 1 unspecified atom stereocenters. The molecular weight excluding hydrogens is 372 g/mol. The number of hydrogen-bond donors (Lipinski definition) is 0. The van der Waals surface area contributed by atoms with E-state index in [0.717, 1.165) is 46.8 Å². The van der Waals surface area contributed by atoms with Gasteiger partial charge in [0.15, 0.2) is 0 Å². The van der Waals surface area contributed by atoms with Crippen LogP contribution in [0.4, 0.5) is 0 Å². The third kappa shape index (κ3) is 3.15. The van der Waals surface area contributed by atoms with Crippen molar-refractivity contribution < 1.29 is 14.2 Å². The number of unbranched alkanes of at least 4 members (excludes halogenated alkanes) is 2. The van der Waals surface area contributed by atoms with Gasteiger partial charge in [0, 0.05) is 28.8 Å². The normalized spacial score (nSPS) is 18.9. The molecule has 2 aliphatic rings. The standard InChI is InChI=1S/C27H26O3/c1-3-4-5-9-21-17-20-11-13-22(28-2)18-26(20)30-27(21)16-15-24-23-10-7-6-8-19(23)12-14-25(24)29-27/h6-8,10-18H,3-5,9H2,1-2H3. The van der Waals surface area contributed by atoms with Crippen LogP contribution in [-0.2, 0) is 0 Å². The monoisotopic (exact) mass is 398 g/mol. The molecule has 3 aromatic carbocycles. The zero-order valence-corrected chi connectivity index (χ0v) is 17.5. The first kappa shape index (κ1) is 18.8. The molecule has 2 aliphatic heterocycles. The largest absolute Gasteiger partial charge is 0.497 e. The van der Waals surface area contributed by atoms with E-state index < -0.39 is 5.79 Å². The van der Waals surface area contributed by atoms with E-state index in [1.165, 1.54) is 23.6 Å². The smallest absolute Gasteiger partial charge is 0.294 e. The maximum Gasteiger partial charge on any atom is 0.294 e. The first-order valence-electron chi connectivity index (χ1n) is 10.7. The first-order valence-corrected chi connectivity index (χ1v) is 10.7. The molecule has 3 heteroatoms. The minimum atomic E-state index is -0.914. The number of methoxy groups -OCH3 is 1. The van der Waals surface area contributed by atoms with Gasteiger partial charge in [0.2, 0.25) is 0 Å². The molecule has 0 saturated carbocycles. The Kier molecular flexibility index (Phi) is 4.74. The van der Waals surface area contributed by atoms with Gasteiger partial charge in [0.05, 0.1) is 7.11 Å². The molecule has 152 valence electrons. The highest BCUT2D eigenvalue weighted by molar-refractivity contribution is 5.94. The molecule has 0 saturated heterocycles.